The van der Waals surface area contributed by atoms with Gasteiger partial charge in [0, 0.05) is 18.2 Å². The summed E-state index contributed by atoms with van der Waals surface area (Å²) in [5.74, 6) is 0.0946. The predicted octanol–water partition coefficient (Wildman–Crippen LogP) is 2.56. The van der Waals surface area contributed by atoms with Gasteiger partial charge in [-0.1, -0.05) is 5.16 Å². The molecule has 4 aromatic rings. The van der Waals surface area contributed by atoms with E-state index in [2.05, 4.69) is 30.4 Å². The summed E-state index contributed by atoms with van der Waals surface area (Å²) in [5.41, 5.74) is 11.7. The van der Waals surface area contributed by atoms with Crippen LogP contribution in [0.2, 0.25) is 0 Å². The summed E-state index contributed by atoms with van der Waals surface area (Å²) in [5, 5.41) is 6.59. The Morgan fingerprint density at radius 2 is 2.06 bits per heavy atom. The van der Waals surface area contributed by atoms with Gasteiger partial charge in [0.15, 0.2) is 11.6 Å². The number of anilines is 1. The molecule has 13 heteroatoms. The molecule has 0 aliphatic rings. The molecule has 0 saturated carbocycles. The fourth-order valence-corrected chi connectivity index (χ4v) is 3.07. The topological polar surface area (TPSA) is 162 Å². The van der Waals surface area contributed by atoms with Crippen LogP contribution in [0.15, 0.2) is 35.1 Å². The first-order chi connectivity index (χ1) is 15.2. The lowest BCUT2D eigenvalue weighted by Gasteiger charge is -2.12. The number of aromatic amines is 1. The Morgan fingerprint density at radius 1 is 1.28 bits per heavy atom. The molecule has 3 heterocycles. The maximum Gasteiger partial charge on any atom is 0.416 e. The number of H-pyrrole nitrogens is 1. The highest BCUT2D eigenvalue weighted by atomic mass is 19.4. The third kappa shape index (κ3) is 3.97. The van der Waals surface area contributed by atoms with Crippen molar-refractivity contribution in [1.82, 2.24) is 30.4 Å². The summed E-state index contributed by atoms with van der Waals surface area (Å²) in [4.78, 5) is 27.4. The van der Waals surface area contributed by atoms with Crippen LogP contribution in [0, 0.1) is 0 Å². The van der Waals surface area contributed by atoms with E-state index in [9.17, 15) is 18.0 Å². The Morgan fingerprint density at radius 3 is 2.78 bits per heavy atom. The molecule has 0 fully saturated rings. The minimum atomic E-state index is -4.47. The van der Waals surface area contributed by atoms with E-state index in [4.69, 9.17) is 16.0 Å². The highest BCUT2D eigenvalue weighted by Gasteiger charge is 2.31. The SMILES string of the molecule is C[C@H](NC(=O)c1ncnc(N)c1CN)c1cc(-c2nc3ccc(C(F)(F)F)cc3[nH]2)no1. The van der Waals surface area contributed by atoms with E-state index in [1.165, 1.54) is 12.1 Å². The second kappa shape index (κ2) is 7.92. The van der Waals surface area contributed by atoms with Gasteiger partial charge < -0.3 is 26.3 Å². The zero-order chi connectivity index (χ0) is 23.0. The molecule has 0 saturated heterocycles. The van der Waals surface area contributed by atoms with Crippen LogP contribution in [-0.2, 0) is 12.7 Å². The van der Waals surface area contributed by atoms with Gasteiger partial charge in [-0.25, -0.2) is 15.0 Å². The first-order valence-corrected chi connectivity index (χ1v) is 9.31. The quantitative estimate of drug-likeness (QED) is 0.364. The lowest BCUT2D eigenvalue weighted by molar-refractivity contribution is -0.137. The molecule has 0 unspecified atom stereocenters. The molecule has 4 rings (SSSR count). The van der Waals surface area contributed by atoms with Gasteiger partial charge in [-0.05, 0) is 25.1 Å². The van der Waals surface area contributed by atoms with Gasteiger partial charge >= 0.3 is 6.18 Å². The van der Waals surface area contributed by atoms with Crippen LogP contribution < -0.4 is 16.8 Å². The zero-order valence-electron chi connectivity index (χ0n) is 16.6. The number of nitrogens with zero attached hydrogens (tertiary/aromatic N) is 4. The first kappa shape index (κ1) is 21.2. The molecule has 1 amide bonds. The Kier molecular flexibility index (Phi) is 5.26. The van der Waals surface area contributed by atoms with Gasteiger partial charge in [0.1, 0.15) is 23.5 Å². The summed E-state index contributed by atoms with van der Waals surface area (Å²) >= 11 is 0. The maximum atomic E-state index is 12.9. The molecular formula is C19H17F3N8O2. The Hall–Kier alpha value is -4.00. The summed E-state index contributed by atoms with van der Waals surface area (Å²) in [6, 6.07) is 4.09. The average Bonchev–Trinajstić information content (AvgIpc) is 3.39. The third-order valence-electron chi connectivity index (χ3n) is 4.75. The molecule has 32 heavy (non-hydrogen) atoms. The number of nitrogen functional groups attached to an aromatic ring is 1. The van der Waals surface area contributed by atoms with E-state index in [1.807, 2.05) is 0 Å². The molecule has 166 valence electrons. The molecule has 10 nitrogen and oxygen atoms in total. The van der Waals surface area contributed by atoms with E-state index < -0.39 is 23.7 Å². The van der Waals surface area contributed by atoms with E-state index >= 15 is 0 Å². The normalized spacial score (nSPS) is 12.8. The van der Waals surface area contributed by atoms with Crippen LogP contribution in [-0.4, -0.2) is 31.0 Å². The monoisotopic (exact) mass is 446 g/mol. The molecule has 1 atom stereocenters. The molecule has 1 aromatic carbocycles. The molecule has 0 bridgehead atoms. The van der Waals surface area contributed by atoms with E-state index in [1.54, 1.807) is 6.92 Å². The number of nitrogens with two attached hydrogens (primary N) is 2. The number of carbonyl (C=O) groups excluding carboxylic acids is 1. The third-order valence-corrected chi connectivity index (χ3v) is 4.75. The highest BCUT2D eigenvalue weighted by Crippen LogP contribution is 2.32. The van der Waals surface area contributed by atoms with Crippen molar-refractivity contribution in [3.8, 4) is 11.5 Å². The summed E-state index contributed by atoms with van der Waals surface area (Å²) in [7, 11) is 0. The molecule has 0 radical (unpaired) electrons. The predicted molar refractivity (Wildman–Crippen MR) is 107 cm³/mol. The Balaban J connectivity index is 1.55. The number of hydrogen-bond donors (Lipinski definition) is 4. The van der Waals surface area contributed by atoms with Gasteiger partial charge in [-0.3, -0.25) is 4.79 Å². The molecule has 0 aliphatic heterocycles. The number of halogens is 3. The number of nitrogens with one attached hydrogen (secondary N) is 2. The second-order valence-corrected chi connectivity index (χ2v) is 6.91. The number of benzene rings is 1. The first-order valence-electron chi connectivity index (χ1n) is 9.31. The number of fused-ring (bicyclic) bond motifs is 1. The second-order valence-electron chi connectivity index (χ2n) is 6.91. The smallest absolute Gasteiger partial charge is 0.383 e. The van der Waals surface area contributed by atoms with Crippen molar-refractivity contribution in [2.75, 3.05) is 5.73 Å². The van der Waals surface area contributed by atoms with Gasteiger partial charge in [0.05, 0.1) is 22.6 Å². The zero-order valence-corrected chi connectivity index (χ0v) is 16.6. The van der Waals surface area contributed by atoms with Gasteiger partial charge in [0.2, 0.25) is 0 Å². The van der Waals surface area contributed by atoms with Crippen LogP contribution in [0.5, 0.6) is 0 Å². The van der Waals surface area contributed by atoms with Crippen LogP contribution in [0.25, 0.3) is 22.6 Å². The van der Waals surface area contributed by atoms with E-state index in [-0.39, 0.29) is 35.1 Å². The fraction of sp³-hybridized carbons (Fsp3) is 0.211. The molecule has 0 spiro atoms. The standard InChI is InChI=1S/C19H17F3N8O2/c1-8(27-18(31)15-10(6-23)16(24)26-7-25-15)14-5-13(30-32-14)17-28-11-3-2-9(19(20,21)22)4-12(11)29-17/h2-5,7-8H,6,23H2,1H3,(H,27,31)(H,28,29)(H2,24,25,26)/t8-/m0/s1. The minimum Gasteiger partial charge on any atom is -0.383 e. The highest BCUT2D eigenvalue weighted by molar-refractivity contribution is 5.94. The Bertz CT molecular complexity index is 1300. The average molecular weight is 446 g/mol. The van der Waals surface area contributed by atoms with Crippen molar-refractivity contribution < 1.29 is 22.5 Å². The molecule has 6 N–H and O–H groups in total. The van der Waals surface area contributed by atoms with Gasteiger partial charge in [-0.15, -0.1) is 0 Å². The minimum absolute atomic E-state index is 0.0155. The molecule has 3 aromatic heterocycles. The largest absolute Gasteiger partial charge is 0.416 e. The Labute approximate surface area is 178 Å². The molecule has 0 aliphatic carbocycles. The van der Waals surface area contributed by atoms with Crippen molar-refractivity contribution in [3.05, 3.63) is 53.2 Å². The van der Waals surface area contributed by atoms with Crippen molar-refractivity contribution in [2.45, 2.75) is 25.7 Å². The van der Waals surface area contributed by atoms with Crippen molar-refractivity contribution in [2.24, 2.45) is 5.73 Å². The van der Waals surface area contributed by atoms with E-state index in [0.717, 1.165) is 18.5 Å². The van der Waals surface area contributed by atoms with Gasteiger partial charge in [-0.2, -0.15) is 13.2 Å². The number of amides is 1. The van der Waals surface area contributed by atoms with Crippen LogP contribution in [0.1, 0.15) is 40.3 Å². The summed E-state index contributed by atoms with van der Waals surface area (Å²) in [6.07, 6.45) is -3.31. The maximum absolute atomic E-state index is 12.9. The number of alkyl halides is 3. The van der Waals surface area contributed by atoms with Crippen LogP contribution in [0.4, 0.5) is 19.0 Å². The van der Waals surface area contributed by atoms with Crippen LogP contribution >= 0.6 is 0 Å². The summed E-state index contributed by atoms with van der Waals surface area (Å²) < 4.78 is 44.0. The van der Waals surface area contributed by atoms with Crippen molar-refractivity contribution in [3.63, 3.8) is 0 Å². The van der Waals surface area contributed by atoms with Gasteiger partial charge in [0.25, 0.3) is 5.91 Å². The van der Waals surface area contributed by atoms with Crippen molar-refractivity contribution >= 4 is 22.8 Å². The van der Waals surface area contributed by atoms with Crippen molar-refractivity contribution in [1.29, 1.82) is 0 Å². The molecular weight excluding hydrogens is 429 g/mol. The summed E-state index contributed by atoms with van der Waals surface area (Å²) in [6.45, 7) is 1.64. The number of imidazole rings is 1. The fourth-order valence-electron chi connectivity index (χ4n) is 3.07. The van der Waals surface area contributed by atoms with E-state index in [0.29, 0.717) is 16.8 Å². The lowest BCUT2D eigenvalue weighted by atomic mass is 10.1. The lowest BCUT2D eigenvalue weighted by Crippen LogP contribution is -2.29. The van der Waals surface area contributed by atoms with Crippen LogP contribution in [0.3, 0.4) is 0 Å². The number of aromatic nitrogens is 5. The number of carbonyl (C=O) groups is 1. The number of hydrogen-bond acceptors (Lipinski definition) is 8. The number of rotatable bonds is 5.